The third-order valence-corrected chi connectivity index (χ3v) is 2.62. The molecule has 4 heteroatoms. The number of rotatable bonds is 4. The monoisotopic (exact) mass is 217 g/mol. The summed E-state index contributed by atoms with van der Waals surface area (Å²) in [6.07, 6.45) is 0. The molecular formula is C12H15N3O. The smallest absolute Gasteiger partial charge is 0.121 e. The molecule has 1 atom stereocenters. The number of benzene rings is 1. The molecule has 2 rings (SSSR count). The molecule has 4 nitrogen and oxygen atoms in total. The predicted molar refractivity (Wildman–Crippen MR) is 60.7 cm³/mol. The summed E-state index contributed by atoms with van der Waals surface area (Å²) in [6, 6.07) is 10.6. The van der Waals surface area contributed by atoms with Crippen LogP contribution in [0.25, 0.3) is 0 Å². The molecule has 1 aromatic heterocycles. The van der Waals surface area contributed by atoms with Crippen molar-refractivity contribution in [3.05, 3.63) is 47.3 Å². The number of nitrogens with one attached hydrogen (secondary N) is 1. The summed E-state index contributed by atoms with van der Waals surface area (Å²) < 4.78 is 4.64. The van der Waals surface area contributed by atoms with E-state index in [4.69, 9.17) is 0 Å². The normalized spacial score (nSPS) is 12.6. The van der Waals surface area contributed by atoms with E-state index in [2.05, 4.69) is 39.3 Å². The van der Waals surface area contributed by atoms with Gasteiger partial charge < -0.3 is 5.32 Å². The molecule has 84 valence electrons. The maximum atomic E-state index is 4.64. The van der Waals surface area contributed by atoms with E-state index in [9.17, 15) is 0 Å². The maximum Gasteiger partial charge on any atom is 0.121 e. The molecule has 0 unspecified atom stereocenters. The van der Waals surface area contributed by atoms with Crippen LogP contribution in [0, 0.1) is 6.92 Å². The van der Waals surface area contributed by atoms with Crippen molar-refractivity contribution in [2.45, 2.75) is 26.4 Å². The summed E-state index contributed by atoms with van der Waals surface area (Å²) in [5, 5.41) is 11.0. The standard InChI is InChI=1S/C12H15N3O/c1-9(11-6-4-3-5-7-11)13-8-12-10(2)14-16-15-12/h3-7,9,13H,8H2,1-2H3/t9-/m0/s1. The largest absolute Gasteiger partial charge is 0.304 e. The first kappa shape index (κ1) is 10.8. The van der Waals surface area contributed by atoms with Crippen LogP contribution in [-0.2, 0) is 6.54 Å². The number of hydrogen-bond donors (Lipinski definition) is 1. The molecule has 0 aliphatic heterocycles. The summed E-state index contributed by atoms with van der Waals surface area (Å²) in [7, 11) is 0. The van der Waals surface area contributed by atoms with E-state index in [1.807, 2.05) is 25.1 Å². The maximum absolute atomic E-state index is 4.64. The molecule has 0 radical (unpaired) electrons. The molecule has 0 bridgehead atoms. The van der Waals surface area contributed by atoms with E-state index in [1.165, 1.54) is 5.56 Å². The first-order valence-corrected chi connectivity index (χ1v) is 5.33. The van der Waals surface area contributed by atoms with Gasteiger partial charge in [0.1, 0.15) is 11.4 Å². The van der Waals surface area contributed by atoms with Gasteiger partial charge in [0.25, 0.3) is 0 Å². The summed E-state index contributed by atoms with van der Waals surface area (Å²) in [5.41, 5.74) is 2.96. The Bertz CT molecular complexity index is 439. The quantitative estimate of drug-likeness (QED) is 0.853. The molecule has 0 aliphatic rings. The Morgan fingerprint density at radius 3 is 2.62 bits per heavy atom. The summed E-state index contributed by atoms with van der Waals surface area (Å²) >= 11 is 0. The fourth-order valence-corrected chi connectivity index (χ4v) is 1.52. The Kier molecular flexibility index (Phi) is 3.31. The van der Waals surface area contributed by atoms with Crippen molar-refractivity contribution in [3.8, 4) is 0 Å². The van der Waals surface area contributed by atoms with Crippen molar-refractivity contribution in [2.75, 3.05) is 0 Å². The van der Waals surface area contributed by atoms with Gasteiger partial charge in [-0.25, -0.2) is 4.63 Å². The summed E-state index contributed by atoms with van der Waals surface area (Å²) in [5.74, 6) is 0. The van der Waals surface area contributed by atoms with Gasteiger partial charge in [0.05, 0.1) is 0 Å². The lowest BCUT2D eigenvalue weighted by Gasteiger charge is -2.12. The Balaban J connectivity index is 1.94. The van der Waals surface area contributed by atoms with Crippen molar-refractivity contribution in [1.82, 2.24) is 15.6 Å². The van der Waals surface area contributed by atoms with Crippen LogP contribution >= 0.6 is 0 Å². The lowest BCUT2D eigenvalue weighted by molar-refractivity contribution is 0.300. The highest BCUT2D eigenvalue weighted by molar-refractivity contribution is 5.18. The molecule has 0 amide bonds. The van der Waals surface area contributed by atoms with Crippen LogP contribution in [0.4, 0.5) is 0 Å². The molecule has 1 aromatic carbocycles. The highest BCUT2D eigenvalue weighted by Crippen LogP contribution is 2.12. The second-order valence-corrected chi connectivity index (χ2v) is 3.81. The van der Waals surface area contributed by atoms with Crippen LogP contribution in [0.1, 0.15) is 29.9 Å². The predicted octanol–water partition coefficient (Wildman–Crippen LogP) is 2.23. The topological polar surface area (TPSA) is 51.0 Å². The van der Waals surface area contributed by atoms with Gasteiger partial charge in [0.15, 0.2) is 0 Å². The third kappa shape index (κ3) is 2.46. The molecule has 1 heterocycles. The number of aryl methyl sites for hydroxylation is 1. The molecule has 0 saturated heterocycles. The first-order chi connectivity index (χ1) is 7.77. The summed E-state index contributed by atoms with van der Waals surface area (Å²) in [6.45, 7) is 4.68. The molecule has 16 heavy (non-hydrogen) atoms. The van der Waals surface area contributed by atoms with Crippen LogP contribution in [0.2, 0.25) is 0 Å². The number of hydrogen-bond acceptors (Lipinski definition) is 4. The SMILES string of the molecule is Cc1nonc1CN[C@@H](C)c1ccccc1. The van der Waals surface area contributed by atoms with E-state index in [0.29, 0.717) is 6.54 Å². The molecule has 0 saturated carbocycles. The molecule has 2 aromatic rings. The van der Waals surface area contributed by atoms with Crippen molar-refractivity contribution in [2.24, 2.45) is 0 Å². The van der Waals surface area contributed by atoms with E-state index < -0.39 is 0 Å². The van der Waals surface area contributed by atoms with E-state index in [0.717, 1.165) is 11.4 Å². The molecule has 1 N–H and O–H groups in total. The highest BCUT2D eigenvalue weighted by Gasteiger charge is 2.08. The Hall–Kier alpha value is -1.68. The summed E-state index contributed by atoms with van der Waals surface area (Å²) in [4.78, 5) is 0. The molecule has 0 fully saturated rings. The second-order valence-electron chi connectivity index (χ2n) is 3.81. The zero-order valence-electron chi connectivity index (χ0n) is 9.47. The zero-order valence-corrected chi connectivity index (χ0v) is 9.47. The zero-order chi connectivity index (χ0) is 11.4. The third-order valence-electron chi connectivity index (χ3n) is 2.62. The fraction of sp³-hybridized carbons (Fsp3) is 0.333. The van der Waals surface area contributed by atoms with Crippen molar-refractivity contribution in [3.63, 3.8) is 0 Å². The average molecular weight is 217 g/mol. The van der Waals surface area contributed by atoms with E-state index >= 15 is 0 Å². The van der Waals surface area contributed by atoms with Gasteiger partial charge in [-0.1, -0.05) is 40.6 Å². The van der Waals surface area contributed by atoms with Crippen LogP contribution in [0.15, 0.2) is 35.0 Å². The lowest BCUT2D eigenvalue weighted by atomic mass is 10.1. The van der Waals surface area contributed by atoms with Gasteiger partial charge in [0, 0.05) is 12.6 Å². The number of aromatic nitrogens is 2. The fourth-order valence-electron chi connectivity index (χ4n) is 1.52. The lowest BCUT2D eigenvalue weighted by Crippen LogP contribution is -2.18. The van der Waals surface area contributed by atoms with Gasteiger partial charge in [-0.3, -0.25) is 0 Å². The molecular weight excluding hydrogens is 202 g/mol. The Morgan fingerprint density at radius 2 is 2.00 bits per heavy atom. The minimum absolute atomic E-state index is 0.289. The second kappa shape index (κ2) is 4.90. The van der Waals surface area contributed by atoms with E-state index in [-0.39, 0.29) is 6.04 Å². The highest BCUT2D eigenvalue weighted by atomic mass is 16.6. The minimum Gasteiger partial charge on any atom is -0.304 e. The number of nitrogens with zero attached hydrogens (tertiary/aromatic N) is 2. The first-order valence-electron chi connectivity index (χ1n) is 5.33. The van der Waals surface area contributed by atoms with E-state index in [1.54, 1.807) is 0 Å². The van der Waals surface area contributed by atoms with Gasteiger partial charge >= 0.3 is 0 Å². The Labute approximate surface area is 94.6 Å². The van der Waals surface area contributed by atoms with Crippen molar-refractivity contribution >= 4 is 0 Å². The van der Waals surface area contributed by atoms with Gasteiger partial charge in [0.2, 0.25) is 0 Å². The van der Waals surface area contributed by atoms with Crippen LogP contribution < -0.4 is 5.32 Å². The van der Waals surface area contributed by atoms with Crippen LogP contribution in [-0.4, -0.2) is 10.3 Å². The molecule has 0 spiro atoms. The average Bonchev–Trinajstić information content (AvgIpc) is 2.73. The van der Waals surface area contributed by atoms with Gasteiger partial charge in [-0.2, -0.15) is 0 Å². The van der Waals surface area contributed by atoms with Crippen molar-refractivity contribution in [1.29, 1.82) is 0 Å². The van der Waals surface area contributed by atoms with Gasteiger partial charge in [-0.05, 0) is 19.4 Å². The molecule has 0 aliphatic carbocycles. The Morgan fingerprint density at radius 1 is 1.25 bits per heavy atom. The van der Waals surface area contributed by atoms with Crippen LogP contribution in [0.3, 0.4) is 0 Å². The van der Waals surface area contributed by atoms with Crippen molar-refractivity contribution < 1.29 is 4.63 Å². The van der Waals surface area contributed by atoms with Crippen LogP contribution in [0.5, 0.6) is 0 Å². The minimum atomic E-state index is 0.289. The van der Waals surface area contributed by atoms with Gasteiger partial charge in [-0.15, -0.1) is 0 Å².